The highest BCUT2D eigenvalue weighted by atomic mass is 16.6. The average molecular weight is 252 g/mol. The Morgan fingerprint density at radius 1 is 1.50 bits per heavy atom. The van der Waals surface area contributed by atoms with Gasteiger partial charge in [-0.2, -0.15) is 0 Å². The van der Waals surface area contributed by atoms with Crippen LogP contribution in [0.4, 0.5) is 5.69 Å². The van der Waals surface area contributed by atoms with Crippen molar-refractivity contribution in [3.63, 3.8) is 0 Å². The lowest BCUT2D eigenvalue weighted by Crippen LogP contribution is -1.98. The topological polar surface area (TPSA) is 91.6 Å². The van der Waals surface area contributed by atoms with Crippen molar-refractivity contribution in [1.29, 1.82) is 0 Å². The van der Waals surface area contributed by atoms with E-state index in [-0.39, 0.29) is 23.7 Å². The zero-order chi connectivity index (χ0) is 13.5. The van der Waals surface area contributed by atoms with Gasteiger partial charge in [-0.15, -0.1) is 0 Å². The highest BCUT2D eigenvalue weighted by molar-refractivity contribution is 5.72. The third kappa shape index (κ3) is 3.55. The summed E-state index contributed by atoms with van der Waals surface area (Å²) in [7, 11) is 2.68. The second kappa shape index (κ2) is 6.33. The van der Waals surface area contributed by atoms with Crippen LogP contribution in [-0.2, 0) is 9.53 Å². The van der Waals surface area contributed by atoms with E-state index in [2.05, 4.69) is 9.72 Å². The van der Waals surface area contributed by atoms with Crippen molar-refractivity contribution in [2.24, 2.45) is 0 Å². The molecular formula is C11H12N2O5. The maximum absolute atomic E-state index is 10.9. The van der Waals surface area contributed by atoms with E-state index in [0.717, 1.165) is 0 Å². The minimum Gasteiger partial charge on any atom is -0.481 e. The Labute approximate surface area is 103 Å². The SMILES string of the molecule is COC(=O)CC=Cc1nc(OC)ccc1[N+](=O)[O-]. The summed E-state index contributed by atoms with van der Waals surface area (Å²) in [5.74, 6) is -0.171. The van der Waals surface area contributed by atoms with Crippen molar-refractivity contribution < 1.29 is 19.2 Å². The van der Waals surface area contributed by atoms with E-state index in [9.17, 15) is 14.9 Å². The van der Waals surface area contributed by atoms with Crippen molar-refractivity contribution in [2.45, 2.75) is 6.42 Å². The second-order valence-electron chi connectivity index (χ2n) is 3.20. The van der Waals surface area contributed by atoms with Crippen molar-refractivity contribution in [2.75, 3.05) is 14.2 Å². The van der Waals surface area contributed by atoms with Gasteiger partial charge in [0.2, 0.25) is 5.88 Å². The van der Waals surface area contributed by atoms with Crippen LogP contribution in [0.15, 0.2) is 18.2 Å². The van der Waals surface area contributed by atoms with E-state index in [4.69, 9.17) is 4.74 Å². The molecule has 0 aliphatic heterocycles. The number of methoxy groups -OCH3 is 2. The summed E-state index contributed by atoms with van der Waals surface area (Å²) in [6.07, 6.45) is 2.85. The molecule has 1 heterocycles. The van der Waals surface area contributed by atoms with Gasteiger partial charge >= 0.3 is 5.97 Å². The van der Waals surface area contributed by atoms with Crippen molar-refractivity contribution >= 4 is 17.7 Å². The van der Waals surface area contributed by atoms with Crippen LogP contribution in [0.1, 0.15) is 12.1 Å². The molecule has 0 aromatic carbocycles. The van der Waals surface area contributed by atoms with Gasteiger partial charge in [0.25, 0.3) is 5.69 Å². The number of nitro groups is 1. The molecule has 0 radical (unpaired) electrons. The molecule has 1 aromatic rings. The molecule has 0 amide bonds. The van der Waals surface area contributed by atoms with Crippen LogP contribution in [0.5, 0.6) is 5.88 Å². The maximum Gasteiger partial charge on any atom is 0.309 e. The number of carbonyl (C=O) groups is 1. The van der Waals surface area contributed by atoms with Gasteiger partial charge in [0.05, 0.1) is 25.6 Å². The number of esters is 1. The second-order valence-corrected chi connectivity index (χ2v) is 3.20. The molecule has 0 aliphatic carbocycles. The quantitative estimate of drug-likeness (QED) is 0.448. The third-order valence-electron chi connectivity index (χ3n) is 2.07. The standard InChI is InChI=1S/C11H12N2O5/c1-17-10-7-6-9(13(15)16)8(12-10)4-3-5-11(14)18-2/h3-4,6-7H,5H2,1-2H3. The number of hydrogen-bond donors (Lipinski definition) is 0. The molecule has 0 saturated carbocycles. The van der Waals surface area contributed by atoms with Crippen LogP contribution >= 0.6 is 0 Å². The lowest BCUT2D eigenvalue weighted by atomic mass is 10.2. The summed E-state index contributed by atoms with van der Waals surface area (Å²) in [5.41, 5.74) is -0.0276. The zero-order valence-electron chi connectivity index (χ0n) is 9.95. The van der Waals surface area contributed by atoms with Crippen molar-refractivity contribution in [1.82, 2.24) is 4.98 Å². The van der Waals surface area contributed by atoms with Crippen LogP contribution < -0.4 is 4.74 Å². The molecule has 18 heavy (non-hydrogen) atoms. The summed E-state index contributed by atoms with van der Waals surface area (Å²) >= 11 is 0. The lowest BCUT2D eigenvalue weighted by molar-refractivity contribution is -0.385. The summed E-state index contributed by atoms with van der Waals surface area (Å²) < 4.78 is 9.32. The van der Waals surface area contributed by atoms with E-state index < -0.39 is 10.9 Å². The molecule has 0 fully saturated rings. The van der Waals surface area contributed by atoms with Gasteiger partial charge in [-0.1, -0.05) is 6.08 Å². The Kier molecular flexibility index (Phi) is 4.79. The molecule has 96 valence electrons. The van der Waals surface area contributed by atoms with Crippen LogP contribution in [0.2, 0.25) is 0 Å². The first-order valence-corrected chi connectivity index (χ1v) is 5.01. The lowest BCUT2D eigenvalue weighted by Gasteiger charge is -2.01. The van der Waals surface area contributed by atoms with Crippen molar-refractivity contribution in [3.05, 3.63) is 34.0 Å². The fourth-order valence-corrected chi connectivity index (χ4v) is 1.19. The number of hydrogen-bond acceptors (Lipinski definition) is 6. The number of rotatable bonds is 5. The number of nitrogens with zero attached hydrogens (tertiary/aromatic N) is 2. The van der Waals surface area contributed by atoms with Crippen LogP contribution in [-0.4, -0.2) is 30.1 Å². The molecular weight excluding hydrogens is 240 g/mol. The first-order chi connectivity index (χ1) is 8.58. The largest absolute Gasteiger partial charge is 0.481 e. The number of aromatic nitrogens is 1. The molecule has 0 N–H and O–H groups in total. The summed E-state index contributed by atoms with van der Waals surface area (Å²) in [4.78, 5) is 25.0. The molecule has 7 heteroatoms. The molecule has 0 spiro atoms. The van der Waals surface area contributed by atoms with Crippen LogP contribution in [0, 0.1) is 10.1 Å². The fraction of sp³-hybridized carbons (Fsp3) is 0.273. The average Bonchev–Trinajstić information content (AvgIpc) is 2.37. The molecule has 0 bridgehead atoms. The number of carbonyl (C=O) groups excluding carboxylic acids is 1. The normalized spacial score (nSPS) is 10.3. The van der Waals surface area contributed by atoms with Gasteiger partial charge in [0, 0.05) is 12.1 Å². The monoisotopic (exact) mass is 252 g/mol. The predicted octanol–water partition coefficient (Wildman–Crippen LogP) is 1.57. The third-order valence-corrected chi connectivity index (χ3v) is 2.07. The van der Waals surface area contributed by atoms with Gasteiger partial charge in [-0.05, 0) is 6.08 Å². The molecule has 0 saturated heterocycles. The molecule has 1 aromatic heterocycles. The summed E-state index contributed by atoms with van der Waals surface area (Å²) in [5, 5.41) is 10.8. The molecule has 0 aliphatic rings. The summed E-state index contributed by atoms with van der Waals surface area (Å²) in [6.45, 7) is 0. The Balaban J connectivity index is 2.97. The van der Waals surface area contributed by atoms with E-state index in [1.165, 1.54) is 38.5 Å². The van der Waals surface area contributed by atoms with Crippen LogP contribution in [0.3, 0.4) is 0 Å². The van der Waals surface area contributed by atoms with Gasteiger partial charge in [-0.3, -0.25) is 14.9 Å². The predicted molar refractivity (Wildman–Crippen MR) is 63.1 cm³/mol. The Morgan fingerprint density at radius 3 is 2.78 bits per heavy atom. The van der Waals surface area contributed by atoms with Gasteiger partial charge < -0.3 is 9.47 Å². The number of pyridine rings is 1. The highest BCUT2D eigenvalue weighted by Crippen LogP contribution is 2.21. The van der Waals surface area contributed by atoms with Crippen LogP contribution in [0.25, 0.3) is 6.08 Å². The minimum atomic E-state index is -0.551. The minimum absolute atomic E-state index is 0.0204. The maximum atomic E-state index is 10.9. The van der Waals surface area contributed by atoms with Crippen molar-refractivity contribution in [3.8, 4) is 5.88 Å². The Hall–Kier alpha value is -2.44. The molecule has 0 unspecified atom stereocenters. The first-order valence-electron chi connectivity index (χ1n) is 5.01. The van der Waals surface area contributed by atoms with E-state index >= 15 is 0 Å². The number of ether oxygens (including phenoxy) is 2. The summed E-state index contributed by atoms with van der Waals surface area (Å²) in [6, 6.07) is 2.69. The van der Waals surface area contributed by atoms with Gasteiger partial charge in [0.1, 0.15) is 5.69 Å². The Bertz CT molecular complexity index is 484. The highest BCUT2D eigenvalue weighted by Gasteiger charge is 2.13. The smallest absolute Gasteiger partial charge is 0.309 e. The molecule has 0 atom stereocenters. The first kappa shape index (κ1) is 13.6. The van der Waals surface area contributed by atoms with E-state index in [1.54, 1.807) is 0 Å². The molecule has 1 rings (SSSR count). The molecule has 7 nitrogen and oxygen atoms in total. The Morgan fingerprint density at radius 2 is 2.22 bits per heavy atom. The zero-order valence-corrected chi connectivity index (χ0v) is 9.95. The van der Waals surface area contributed by atoms with E-state index in [1.807, 2.05) is 0 Å². The van der Waals surface area contributed by atoms with Gasteiger partial charge in [0.15, 0.2) is 0 Å². The van der Waals surface area contributed by atoms with E-state index in [0.29, 0.717) is 0 Å². The van der Waals surface area contributed by atoms with Gasteiger partial charge in [-0.25, -0.2) is 4.98 Å². The fourth-order valence-electron chi connectivity index (χ4n) is 1.19.